The van der Waals surface area contributed by atoms with E-state index in [4.69, 9.17) is 16.3 Å². The van der Waals surface area contributed by atoms with E-state index in [1.165, 1.54) is 12.3 Å². The number of allylic oxidation sites excluding steroid dienone is 1. The molecule has 2 aromatic heterocycles. The van der Waals surface area contributed by atoms with Gasteiger partial charge in [0.2, 0.25) is 0 Å². The molecule has 2 aromatic carbocycles. The summed E-state index contributed by atoms with van der Waals surface area (Å²) in [7, 11) is 1.80. The van der Waals surface area contributed by atoms with Crippen molar-refractivity contribution in [1.82, 2.24) is 14.9 Å². The van der Waals surface area contributed by atoms with Crippen LogP contribution in [0.5, 0.6) is 11.5 Å². The summed E-state index contributed by atoms with van der Waals surface area (Å²) in [5, 5.41) is 95.2. The smallest absolute Gasteiger partial charge is 0.322 e. The van der Waals surface area contributed by atoms with Gasteiger partial charge in [-0.05, 0) is 77.8 Å². The predicted molar refractivity (Wildman–Crippen MR) is 187 cm³/mol. The summed E-state index contributed by atoms with van der Waals surface area (Å²) >= 11 is 6.12. The van der Waals surface area contributed by atoms with E-state index in [0.717, 1.165) is 27.8 Å². The first-order chi connectivity index (χ1) is 23.1. The van der Waals surface area contributed by atoms with Crippen molar-refractivity contribution >= 4 is 55.9 Å². The molecule has 6 rings (SSSR count). The van der Waals surface area contributed by atoms with Crippen LogP contribution in [0.25, 0.3) is 16.6 Å². The van der Waals surface area contributed by atoms with Crippen molar-refractivity contribution in [1.29, 1.82) is 0 Å². The highest BCUT2D eigenvalue weighted by molar-refractivity contribution is 6.30. The molecular formula is C33H37B2ClN4O10. The number of pyridine rings is 1. The molecule has 1 fully saturated rings. The molecule has 50 heavy (non-hydrogen) atoms. The highest BCUT2D eigenvalue weighted by Gasteiger charge is 2.78. The van der Waals surface area contributed by atoms with Crippen LogP contribution in [0.1, 0.15) is 49.0 Å². The third-order valence-electron chi connectivity index (χ3n) is 9.71. The Labute approximate surface area is 293 Å². The zero-order valence-electron chi connectivity index (χ0n) is 27.7. The van der Waals surface area contributed by atoms with Crippen LogP contribution in [-0.2, 0) is 0 Å². The number of carbonyl (C=O) groups is 1. The summed E-state index contributed by atoms with van der Waals surface area (Å²) in [4.78, 5) is 19.1. The number of rotatable bonds is 7. The van der Waals surface area contributed by atoms with Crippen LogP contribution in [0, 0.1) is 5.41 Å². The van der Waals surface area contributed by atoms with E-state index in [1.54, 1.807) is 42.6 Å². The van der Waals surface area contributed by atoms with Crippen molar-refractivity contribution in [3.05, 3.63) is 88.7 Å². The van der Waals surface area contributed by atoms with E-state index in [-0.39, 0.29) is 44.3 Å². The van der Waals surface area contributed by atoms with Gasteiger partial charge in [0.1, 0.15) is 22.8 Å². The van der Waals surface area contributed by atoms with Crippen molar-refractivity contribution in [3.8, 4) is 11.5 Å². The average molecular weight is 707 g/mol. The number of aldehydes is 1. The van der Waals surface area contributed by atoms with E-state index in [1.807, 2.05) is 13.8 Å². The standard InChI is InChI=1S/C33H37B2ClN4O10/c1-28(2)11-9-25(24(15-28)18-3-6-21(36)7-4-18)29(34,42)40-31(44,45)30(35,43)39(32(46,47)33(40,48)49)22-8-5-20(17-41)26(14-22)50-23-13-19-10-12-37-27(19)38-16-23/h3-8,10,12-14,16-17,42-49H,9,11,15,34-35H2,1-2H3,(H,37,38). The Morgan fingerprint density at radius 3 is 2.32 bits per heavy atom. The molecule has 1 aliphatic carbocycles. The second kappa shape index (κ2) is 11.9. The molecule has 2 aliphatic rings. The highest BCUT2D eigenvalue weighted by atomic mass is 35.5. The molecule has 262 valence electrons. The van der Waals surface area contributed by atoms with E-state index in [2.05, 4.69) is 9.97 Å². The zero-order valence-corrected chi connectivity index (χ0v) is 28.4. The molecule has 2 atom stereocenters. The maximum atomic E-state index is 12.2. The molecule has 14 nitrogen and oxygen atoms in total. The van der Waals surface area contributed by atoms with Crippen LogP contribution in [0.4, 0.5) is 5.69 Å². The van der Waals surface area contributed by atoms with Crippen LogP contribution in [0.15, 0.2) is 72.6 Å². The van der Waals surface area contributed by atoms with Crippen molar-refractivity contribution in [2.75, 3.05) is 4.90 Å². The summed E-state index contributed by atoms with van der Waals surface area (Å²) in [5.41, 5.74) is -5.02. The maximum absolute atomic E-state index is 12.2. The topological polar surface area (TPSA) is 223 Å². The molecule has 0 spiro atoms. The van der Waals surface area contributed by atoms with Gasteiger partial charge in [0.05, 0.1) is 11.8 Å². The Bertz CT molecular complexity index is 1970. The molecular weight excluding hydrogens is 669 g/mol. The van der Waals surface area contributed by atoms with Crippen molar-refractivity contribution in [2.24, 2.45) is 5.41 Å². The number of H-pyrrole nitrogens is 1. The fourth-order valence-corrected chi connectivity index (χ4v) is 7.17. The Kier molecular flexibility index (Phi) is 8.56. The van der Waals surface area contributed by atoms with Gasteiger partial charge in [-0.1, -0.05) is 37.6 Å². The number of anilines is 1. The number of benzene rings is 2. The predicted octanol–water partition coefficient (Wildman–Crippen LogP) is 0.0806. The number of hydrogen-bond acceptors (Lipinski definition) is 13. The maximum Gasteiger partial charge on any atom is 0.322 e. The van der Waals surface area contributed by atoms with Crippen LogP contribution in [0.2, 0.25) is 5.02 Å². The van der Waals surface area contributed by atoms with Crippen LogP contribution >= 0.6 is 11.6 Å². The fraction of sp³-hybridized carbons (Fsp3) is 0.333. The zero-order chi connectivity index (χ0) is 36.7. The van der Waals surface area contributed by atoms with Crippen LogP contribution < -0.4 is 9.64 Å². The number of halogens is 1. The van der Waals surface area contributed by atoms with E-state index in [0.29, 0.717) is 46.3 Å². The SMILES string of the molecule is BC(O)(C1=C(c2ccc(Cl)cc2)CC(C)(C)CC1)N1C(O)(O)C(B)(O)N(c2ccc(C=O)c(Oc3cnc4[nH]ccc4c3)c2)C(O)(O)C1(O)O. The van der Waals surface area contributed by atoms with E-state index >= 15 is 0 Å². The van der Waals surface area contributed by atoms with Gasteiger partial charge in [-0.25, -0.2) is 4.98 Å². The first-order valence-electron chi connectivity index (χ1n) is 15.7. The van der Waals surface area contributed by atoms with Gasteiger partial charge in [0, 0.05) is 28.4 Å². The van der Waals surface area contributed by atoms with E-state index < -0.39 is 34.7 Å². The number of aliphatic hydroxyl groups is 8. The molecule has 1 aliphatic heterocycles. The number of hydrogen-bond donors (Lipinski definition) is 9. The van der Waals surface area contributed by atoms with Gasteiger partial charge in [-0.3, -0.25) is 9.69 Å². The van der Waals surface area contributed by atoms with Gasteiger partial charge in [0.25, 0.3) is 5.91 Å². The Balaban J connectivity index is 1.47. The summed E-state index contributed by atoms with van der Waals surface area (Å²) in [6.45, 7) is 4.00. The van der Waals surface area contributed by atoms with Crippen LogP contribution in [0.3, 0.4) is 0 Å². The summed E-state index contributed by atoms with van der Waals surface area (Å²) in [6.07, 6.45) is 4.40. The molecule has 4 aromatic rings. The number of fused-ring (bicyclic) bond motifs is 1. The molecule has 0 radical (unpaired) electrons. The molecule has 17 heteroatoms. The molecule has 3 heterocycles. The van der Waals surface area contributed by atoms with Gasteiger partial charge in [-0.15, -0.1) is 0 Å². The lowest BCUT2D eigenvalue weighted by atomic mass is 9.65. The second-order valence-corrected chi connectivity index (χ2v) is 14.4. The summed E-state index contributed by atoms with van der Waals surface area (Å²) in [6, 6.07) is 13.3. The van der Waals surface area contributed by atoms with E-state index in [9.17, 15) is 45.6 Å². The first kappa shape index (κ1) is 36.0. The summed E-state index contributed by atoms with van der Waals surface area (Å²) < 4.78 is 5.89. The quantitative estimate of drug-likeness (QED) is 0.0707. The normalized spacial score (nSPS) is 24.2. The monoisotopic (exact) mass is 706 g/mol. The largest absolute Gasteiger partial charge is 0.455 e. The number of aromatic amines is 1. The Morgan fingerprint density at radius 2 is 1.66 bits per heavy atom. The third-order valence-corrected chi connectivity index (χ3v) is 9.96. The Hall–Kier alpha value is -3.80. The minimum Gasteiger partial charge on any atom is -0.455 e. The number of carbonyl (C=O) groups excluding carboxylic acids is 1. The summed E-state index contributed by atoms with van der Waals surface area (Å²) in [5.74, 6) is -12.0. The third kappa shape index (κ3) is 5.62. The fourth-order valence-electron chi connectivity index (χ4n) is 7.04. The lowest BCUT2D eigenvalue weighted by Gasteiger charge is -2.66. The lowest BCUT2D eigenvalue weighted by Crippen LogP contribution is -2.93. The number of aromatic nitrogens is 2. The number of piperazine rings is 1. The molecule has 0 bridgehead atoms. The lowest BCUT2D eigenvalue weighted by molar-refractivity contribution is -0.529. The van der Waals surface area contributed by atoms with Gasteiger partial charge in [0.15, 0.2) is 27.6 Å². The number of ether oxygens (including phenoxy) is 1. The first-order valence-corrected chi connectivity index (χ1v) is 16.1. The minimum absolute atomic E-state index is 0.0361. The highest BCUT2D eigenvalue weighted by Crippen LogP contribution is 2.53. The molecule has 2 unspecified atom stereocenters. The minimum atomic E-state index is -4.12. The number of nitrogens with one attached hydrogen (secondary N) is 1. The van der Waals surface area contributed by atoms with Gasteiger partial charge >= 0.3 is 11.8 Å². The number of nitrogens with zero attached hydrogens (tertiary/aromatic N) is 3. The second-order valence-electron chi connectivity index (χ2n) is 14.0. The van der Waals surface area contributed by atoms with Crippen molar-refractivity contribution < 1.29 is 50.4 Å². The molecule has 0 amide bonds. The molecule has 9 N–H and O–H groups in total. The molecule has 1 saturated heterocycles. The van der Waals surface area contributed by atoms with Crippen LogP contribution in [-0.4, -0.2) is 107 Å². The van der Waals surface area contributed by atoms with Gasteiger partial charge < -0.3 is 50.6 Å². The van der Waals surface area contributed by atoms with Crippen molar-refractivity contribution in [3.63, 3.8) is 0 Å². The van der Waals surface area contributed by atoms with Crippen molar-refractivity contribution in [2.45, 2.75) is 62.1 Å². The molecule has 0 saturated carbocycles. The Morgan fingerprint density at radius 1 is 0.980 bits per heavy atom. The van der Waals surface area contributed by atoms with Gasteiger partial charge in [-0.2, -0.15) is 4.90 Å². The average Bonchev–Trinajstić information content (AvgIpc) is 3.48.